The number of carbonyl (C=O) groups is 3. The molecule has 0 spiro atoms. The zero-order chi connectivity index (χ0) is 24.2. The van der Waals surface area contributed by atoms with Crippen molar-refractivity contribution in [3.05, 3.63) is 34.6 Å². The molecule has 0 bridgehead atoms. The van der Waals surface area contributed by atoms with E-state index in [1.165, 1.54) is 19.2 Å². The Kier molecular flexibility index (Phi) is 7.42. The second kappa shape index (κ2) is 10.5. The average molecular weight is 490 g/mol. The molecule has 2 aromatic rings. The maximum Gasteiger partial charge on any atom is 0.249 e. The number of primary amides is 1. The highest BCUT2D eigenvalue weighted by molar-refractivity contribution is 7.13. The summed E-state index contributed by atoms with van der Waals surface area (Å²) in [6, 6.07) is 2.75. The van der Waals surface area contributed by atoms with Crippen molar-refractivity contribution >= 4 is 29.1 Å². The molecule has 0 saturated carbocycles. The van der Waals surface area contributed by atoms with Crippen molar-refractivity contribution in [1.29, 1.82) is 0 Å². The van der Waals surface area contributed by atoms with Crippen LogP contribution in [-0.4, -0.2) is 90.3 Å². The Balaban J connectivity index is 1.36. The number of hydrogen-bond acceptors (Lipinski definition) is 7. The first-order valence-corrected chi connectivity index (χ1v) is 12.1. The number of likely N-dealkylation sites (tertiary alicyclic amines) is 1. The fourth-order valence-electron chi connectivity index (χ4n) is 4.31. The molecule has 0 unspecified atom stereocenters. The third-order valence-corrected chi connectivity index (χ3v) is 7.14. The highest BCUT2D eigenvalue weighted by Crippen LogP contribution is 2.34. The summed E-state index contributed by atoms with van der Waals surface area (Å²) < 4.78 is 19.9. The summed E-state index contributed by atoms with van der Waals surface area (Å²) in [6.07, 6.45) is 2.21. The highest BCUT2D eigenvalue weighted by atomic mass is 32.1. The molecule has 4 rings (SSSR count). The Bertz CT molecular complexity index is 1080. The molecule has 11 heteroatoms. The summed E-state index contributed by atoms with van der Waals surface area (Å²) in [5, 5.41) is 1.94. The molecule has 0 aliphatic carbocycles. The number of nitrogens with zero attached hydrogens (tertiary/aromatic N) is 4. The number of piperazine rings is 1. The first-order chi connectivity index (χ1) is 16.4. The van der Waals surface area contributed by atoms with Gasteiger partial charge in [0.1, 0.15) is 5.01 Å². The number of amides is 3. The van der Waals surface area contributed by atoms with Gasteiger partial charge in [0.15, 0.2) is 11.6 Å². The molecule has 182 valence electrons. The fraction of sp³-hybridized carbons (Fsp3) is 0.478. The summed E-state index contributed by atoms with van der Waals surface area (Å²) in [4.78, 5) is 47.1. The average Bonchev–Trinajstić information content (AvgIpc) is 3.52. The Morgan fingerprint density at radius 1 is 1.06 bits per heavy atom. The summed E-state index contributed by atoms with van der Waals surface area (Å²) in [7, 11) is 1.33. The molecule has 3 amide bonds. The molecule has 2 N–H and O–H groups in total. The van der Waals surface area contributed by atoms with Crippen LogP contribution < -0.4 is 10.5 Å². The van der Waals surface area contributed by atoms with E-state index < -0.39 is 11.7 Å². The van der Waals surface area contributed by atoms with Crippen LogP contribution in [0, 0.1) is 5.82 Å². The minimum Gasteiger partial charge on any atom is -0.494 e. The van der Waals surface area contributed by atoms with Gasteiger partial charge in [-0.1, -0.05) is 0 Å². The van der Waals surface area contributed by atoms with Crippen molar-refractivity contribution in [2.75, 3.05) is 52.9 Å². The molecular formula is C23H28FN5O4S. The van der Waals surface area contributed by atoms with Crippen molar-refractivity contribution in [3.63, 3.8) is 0 Å². The van der Waals surface area contributed by atoms with E-state index in [9.17, 15) is 18.8 Å². The fourth-order valence-corrected chi connectivity index (χ4v) is 5.18. The lowest BCUT2D eigenvalue weighted by Gasteiger charge is -2.35. The van der Waals surface area contributed by atoms with Crippen molar-refractivity contribution in [2.45, 2.75) is 19.3 Å². The third kappa shape index (κ3) is 5.20. The molecule has 2 aliphatic rings. The normalized spacial score (nSPS) is 16.6. The Hall–Kier alpha value is -3.05. The topological polar surface area (TPSA) is 109 Å². The molecule has 9 nitrogen and oxygen atoms in total. The summed E-state index contributed by atoms with van der Waals surface area (Å²) in [5.74, 6) is -1.43. The van der Waals surface area contributed by atoms with Crippen molar-refractivity contribution in [1.82, 2.24) is 19.7 Å². The monoisotopic (exact) mass is 489 g/mol. The molecule has 0 atom stereocenters. The van der Waals surface area contributed by atoms with Gasteiger partial charge in [0, 0.05) is 44.6 Å². The van der Waals surface area contributed by atoms with Crippen LogP contribution in [0.15, 0.2) is 17.5 Å². The zero-order valence-electron chi connectivity index (χ0n) is 19.1. The molecule has 1 aromatic carbocycles. The van der Waals surface area contributed by atoms with Gasteiger partial charge in [-0.25, -0.2) is 9.37 Å². The minimum absolute atomic E-state index is 0.00475. The smallest absolute Gasteiger partial charge is 0.249 e. The quantitative estimate of drug-likeness (QED) is 0.629. The van der Waals surface area contributed by atoms with Crippen LogP contribution in [0.3, 0.4) is 0 Å². The van der Waals surface area contributed by atoms with Crippen molar-refractivity contribution < 1.29 is 23.5 Å². The van der Waals surface area contributed by atoms with Gasteiger partial charge in [-0.15, -0.1) is 11.3 Å². The lowest BCUT2D eigenvalue weighted by molar-refractivity contribution is -0.134. The van der Waals surface area contributed by atoms with Gasteiger partial charge in [-0.05, 0) is 25.0 Å². The van der Waals surface area contributed by atoms with Gasteiger partial charge in [0.25, 0.3) is 0 Å². The predicted molar refractivity (Wildman–Crippen MR) is 125 cm³/mol. The number of ether oxygens (including phenoxy) is 1. The van der Waals surface area contributed by atoms with Crippen LogP contribution >= 0.6 is 11.3 Å². The second-order valence-corrected chi connectivity index (χ2v) is 9.29. The summed E-state index contributed by atoms with van der Waals surface area (Å²) >= 11 is 1.14. The van der Waals surface area contributed by atoms with Crippen LogP contribution in [0.1, 0.15) is 28.9 Å². The Morgan fingerprint density at radius 2 is 1.74 bits per heavy atom. The third-order valence-electron chi connectivity index (χ3n) is 6.23. The standard InChI is InChI=1S/C23H28FN5O4S/c1-33-17-5-4-16(22(25)32)20(21(17)24)23-26-15(14-34-23)12-18(30)29-10-8-27(9-11-29)13-19(31)28-6-2-3-7-28/h4-5,14H,2-3,6-13H2,1H3,(H2,25,32). The largest absolute Gasteiger partial charge is 0.494 e. The zero-order valence-corrected chi connectivity index (χ0v) is 19.9. The van der Waals surface area contributed by atoms with E-state index in [2.05, 4.69) is 9.88 Å². The van der Waals surface area contributed by atoms with Gasteiger partial charge in [0.2, 0.25) is 17.7 Å². The molecule has 2 saturated heterocycles. The van der Waals surface area contributed by atoms with Crippen molar-refractivity contribution in [2.24, 2.45) is 5.73 Å². The van der Waals surface area contributed by atoms with Crippen LogP contribution in [0.2, 0.25) is 0 Å². The van der Waals surface area contributed by atoms with Crippen LogP contribution in [0.25, 0.3) is 10.6 Å². The number of thiazole rings is 1. The number of benzene rings is 1. The number of hydrogen-bond donors (Lipinski definition) is 1. The van der Waals surface area contributed by atoms with E-state index in [1.54, 1.807) is 10.3 Å². The highest BCUT2D eigenvalue weighted by Gasteiger charge is 2.26. The van der Waals surface area contributed by atoms with Gasteiger partial charge in [0.05, 0.1) is 36.9 Å². The lowest BCUT2D eigenvalue weighted by atomic mass is 10.1. The number of methoxy groups -OCH3 is 1. The van der Waals surface area contributed by atoms with Gasteiger partial charge in [-0.2, -0.15) is 0 Å². The number of aromatic nitrogens is 1. The SMILES string of the molecule is COc1ccc(C(N)=O)c(-c2nc(CC(=O)N3CCN(CC(=O)N4CCCC4)CC3)cs2)c1F. The first-order valence-electron chi connectivity index (χ1n) is 11.3. The summed E-state index contributed by atoms with van der Waals surface area (Å²) in [6.45, 7) is 4.45. The van der Waals surface area contributed by atoms with E-state index in [0.29, 0.717) is 38.4 Å². The lowest BCUT2D eigenvalue weighted by Crippen LogP contribution is -2.51. The summed E-state index contributed by atoms with van der Waals surface area (Å²) in [5.41, 5.74) is 5.89. The van der Waals surface area contributed by atoms with Crippen LogP contribution in [-0.2, 0) is 16.0 Å². The van der Waals surface area contributed by atoms with Crippen LogP contribution in [0.5, 0.6) is 5.75 Å². The molecule has 2 fully saturated rings. The Morgan fingerprint density at radius 3 is 2.38 bits per heavy atom. The van der Waals surface area contributed by atoms with E-state index in [1.807, 2.05) is 4.90 Å². The number of halogens is 1. The van der Waals surface area contributed by atoms with Gasteiger partial charge in [-0.3, -0.25) is 19.3 Å². The molecule has 0 radical (unpaired) electrons. The molecule has 1 aromatic heterocycles. The molecule has 3 heterocycles. The molecule has 34 heavy (non-hydrogen) atoms. The van der Waals surface area contributed by atoms with Gasteiger partial charge < -0.3 is 20.3 Å². The first kappa shape index (κ1) is 24.1. The maximum atomic E-state index is 14.9. The van der Waals surface area contributed by atoms with Gasteiger partial charge >= 0.3 is 0 Å². The number of carbonyl (C=O) groups excluding carboxylic acids is 3. The van der Waals surface area contributed by atoms with E-state index in [-0.39, 0.29) is 40.1 Å². The number of nitrogens with two attached hydrogens (primary N) is 1. The van der Waals surface area contributed by atoms with Crippen molar-refractivity contribution in [3.8, 4) is 16.3 Å². The second-order valence-electron chi connectivity index (χ2n) is 8.43. The van der Waals surface area contributed by atoms with E-state index in [4.69, 9.17) is 10.5 Å². The predicted octanol–water partition coefficient (Wildman–Crippen LogP) is 1.37. The Labute approximate surface area is 201 Å². The molecule has 2 aliphatic heterocycles. The molecular weight excluding hydrogens is 461 g/mol. The number of rotatable bonds is 7. The minimum atomic E-state index is -0.773. The van der Waals surface area contributed by atoms with Crippen LogP contribution in [0.4, 0.5) is 4.39 Å². The van der Waals surface area contributed by atoms with E-state index >= 15 is 0 Å². The van der Waals surface area contributed by atoms with E-state index in [0.717, 1.165) is 37.3 Å². The maximum absolute atomic E-state index is 14.9.